The molecule has 0 aromatic carbocycles. The van der Waals surface area contributed by atoms with Gasteiger partial charge in [-0.25, -0.2) is 0 Å². The molecular weight excluding hydrogens is 202 g/mol. The first-order chi connectivity index (χ1) is 7.83. The zero-order chi connectivity index (χ0) is 11.6. The van der Waals surface area contributed by atoms with Crippen LogP contribution < -0.4 is 5.32 Å². The van der Waals surface area contributed by atoms with Crippen molar-refractivity contribution in [1.29, 1.82) is 0 Å². The molecule has 1 N–H and O–H groups in total. The summed E-state index contributed by atoms with van der Waals surface area (Å²) < 4.78 is 5.49. The van der Waals surface area contributed by atoms with E-state index in [1.54, 1.807) is 0 Å². The third-order valence-corrected chi connectivity index (χ3v) is 2.85. The first-order valence-corrected chi connectivity index (χ1v) is 6.67. The Kier molecular flexibility index (Phi) is 7.23. The number of carbonyl (C=O) groups excluding carboxylic acids is 1. The SMILES string of the molecule is CCCCCC(=O)NCCCOCC1CC1. The van der Waals surface area contributed by atoms with E-state index in [0.717, 1.165) is 44.9 Å². The molecule has 1 aliphatic rings. The summed E-state index contributed by atoms with van der Waals surface area (Å²) in [6.45, 7) is 4.61. The van der Waals surface area contributed by atoms with E-state index in [2.05, 4.69) is 12.2 Å². The van der Waals surface area contributed by atoms with Crippen LogP contribution in [0.2, 0.25) is 0 Å². The van der Waals surface area contributed by atoms with Crippen molar-refractivity contribution in [3.05, 3.63) is 0 Å². The molecule has 0 saturated heterocycles. The monoisotopic (exact) mass is 227 g/mol. The normalized spacial score (nSPS) is 15.1. The van der Waals surface area contributed by atoms with E-state index in [9.17, 15) is 4.79 Å². The molecule has 0 aliphatic heterocycles. The summed E-state index contributed by atoms with van der Waals surface area (Å²) in [6, 6.07) is 0. The van der Waals surface area contributed by atoms with E-state index in [1.807, 2.05) is 0 Å². The standard InChI is InChI=1S/C13H25NO2/c1-2-3-4-6-13(15)14-9-5-10-16-11-12-7-8-12/h12H,2-11H2,1H3,(H,14,15). The minimum absolute atomic E-state index is 0.190. The third kappa shape index (κ3) is 7.69. The second kappa shape index (κ2) is 8.57. The summed E-state index contributed by atoms with van der Waals surface area (Å²) in [5.74, 6) is 1.03. The highest BCUT2D eigenvalue weighted by Crippen LogP contribution is 2.28. The van der Waals surface area contributed by atoms with Crippen LogP contribution in [0.1, 0.15) is 51.9 Å². The Morgan fingerprint density at radius 3 is 2.81 bits per heavy atom. The maximum Gasteiger partial charge on any atom is 0.219 e. The van der Waals surface area contributed by atoms with Crippen LogP contribution in [0.4, 0.5) is 0 Å². The van der Waals surface area contributed by atoms with Crippen LogP contribution in [0.5, 0.6) is 0 Å². The smallest absolute Gasteiger partial charge is 0.219 e. The largest absolute Gasteiger partial charge is 0.381 e. The predicted octanol–water partition coefficient (Wildman–Crippen LogP) is 2.50. The Labute approximate surface area is 98.9 Å². The van der Waals surface area contributed by atoms with Gasteiger partial charge in [-0.1, -0.05) is 19.8 Å². The maximum atomic E-state index is 11.3. The zero-order valence-electron chi connectivity index (χ0n) is 10.5. The second-order valence-electron chi connectivity index (χ2n) is 4.68. The quantitative estimate of drug-likeness (QED) is 0.582. The molecule has 0 heterocycles. The summed E-state index contributed by atoms with van der Waals surface area (Å²) in [6.07, 6.45) is 7.63. The minimum atomic E-state index is 0.190. The van der Waals surface area contributed by atoms with Crippen molar-refractivity contribution in [2.75, 3.05) is 19.8 Å². The molecule has 3 nitrogen and oxygen atoms in total. The summed E-state index contributed by atoms with van der Waals surface area (Å²) in [4.78, 5) is 11.3. The van der Waals surface area contributed by atoms with E-state index in [0.29, 0.717) is 6.42 Å². The van der Waals surface area contributed by atoms with Crippen molar-refractivity contribution in [3.63, 3.8) is 0 Å². The van der Waals surface area contributed by atoms with Crippen LogP contribution in [0.3, 0.4) is 0 Å². The van der Waals surface area contributed by atoms with Crippen LogP contribution in [-0.2, 0) is 9.53 Å². The number of carbonyl (C=O) groups is 1. The molecular formula is C13H25NO2. The van der Waals surface area contributed by atoms with Gasteiger partial charge >= 0.3 is 0 Å². The Hall–Kier alpha value is -0.570. The fourth-order valence-electron chi connectivity index (χ4n) is 1.56. The lowest BCUT2D eigenvalue weighted by molar-refractivity contribution is -0.121. The molecule has 0 spiro atoms. The average Bonchev–Trinajstić information content (AvgIpc) is 3.07. The van der Waals surface area contributed by atoms with E-state index in [1.165, 1.54) is 19.3 Å². The zero-order valence-corrected chi connectivity index (χ0v) is 10.5. The van der Waals surface area contributed by atoms with Gasteiger partial charge in [-0.15, -0.1) is 0 Å². The van der Waals surface area contributed by atoms with Crippen LogP contribution >= 0.6 is 0 Å². The highest BCUT2D eigenvalue weighted by molar-refractivity contribution is 5.75. The Balaban J connectivity index is 1.76. The van der Waals surface area contributed by atoms with Crippen molar-refractivity contribution in [2.45, 2.75) is 51.9 Å². The first kappa shape index (κ1) is 13.5. The van der Waals surface area contributed by atoms with Gasteiger partial charge in [0.15, 0.2) is 0 Å². The van der Waals surface area contributed by atoms with Gasteiger partial charge in [0.25, 0.3) is 0 Å². The van der Waals surface area contributed by atoms with E-state index in [-0.39, 0.29) is 5.91 Å². The summed E-state index contributed by atoms with van der Waals surface area (Å²) in [5.41, 5.74) is 0. The van der Waals surface area contributed by atoms with Crippen molar-refractivity contribution >= 4 is 5.91 Å². The lowest BCUT2D eigenvalue weighted by atomic mass is 10.2. The van der Waals surface area contributed by atoms with Crippen LogP contribution in [0.15, 0.2) is 0 Å². The molecule has 3 heteroatoms. The number of unbranched alkanes of at least 4 members (excludes halogenated alkanes) is 2. The minimum Gasteiger partial charge on any atom is -0.381 e. The molecule has 1 aliphatic carbocycles. The van der Waals surface area contributed by atoms with E-state index >= 15 is 0 Å². The number of rotatable bonds is 10. The van der Waals surface area contributed by atoms with Gasteiger partial charge in [-0.05, 0) is 31.6 Å². The Morgan fingerprint density at radius 2 is 2.12 bits per heavy atom. The lowest BCUT2D eigenvalue weighted by Crippen LogP contribution is -2.24. The van der Waals surface area contributed by atoms with Crippen LogP contribution in [0.25, 0.3) is 0 Å². The van der Waals surface area contributed by atoms with Crippen LogP contribution in [0, 0.1) is 5.92 Å². The predicted molar refractivity (Wildman–Crippen MR) is 65.3 cm³/mol. The lowest BCUT2D eigenvalue weighted by Gasteiger charge is -2.05. The third-order valence-electron chi connectivity index (χ3n) is 2.85. The molecule has 0 aromatic rings. The Bertz CT molecular complexity index is 190. The van der Waals surface area contributed by atoms with Crippen molar-refractivity contribution in [2.24, 2.45) is 5.92 Å². The molecule has 0 unspecified atom stereocenters. The van der Waals surface area contributed by atoms with Crippen molar-refractivity contribution in [1.82, 2.24) is 5.32 Å². The van der Waals surface area contributed by atoms with Gasteiger partial charge in [-0.3, -0.25) is 4.79 Å². The molecule has 1 fully saturated rings. The molecule has 0 bridgehead atoms. The molecule has 0 atom stereocenters. The molecule has 1 saturated carbocycles. The fourth-order valence-corrected chi connectivity index (χ4v) is 1.56. The van der Waals surface area contributed by atoms with E-state index < -0.39 is 0 Å². The molecule has 0 radical (unpaired) electrons. The second-order valence-corrected chi connectivity index (χ2v) is 4.68. The maximum absolute atomic E-state index is 11.3. The van der Waals surface area contributed by atoms with Gasteiger partial charge in [0.2, 0.25) is 5.91 Å². The molecule has 94 valence electrons. The highest BCUT2D eigenvalue weighted by Gasteiger charge is 2.20. The number of amides is 1. The summed E-state index contributed by atoms with van der Waals surface area (Å²) in [7, 11) is 0. The highest BCUT2D eigenvalue weighted by atomic mass is 16.5. The van der Waals surface area contributed by atoms with Gasteiger partial charge < -0.3 is 10.1 Å². The van der Waals surface area contributed by atoms with Gasteiger partial charge in [0, 0.05) is 26.2 Å². The first-order valence-electron chi connectivity index (χ1n) is 6.67. The topological polar surface area (TPSA) is 38.3 Å². The fraction of sp³-hybridized carbons (Fsp3) is 0.923. The van der Waals surface area contributed by atoms with Gasteiger partial charge in [0.05, 0.1) is 0 Å². The molecule has 0 aromatic heterocycles. The Morgan fingerprint density at radius 1 is 1.31 bits per heavy atom. The number of hydrogen-bond acceptors (Lipinski definition) is 2. The molecule has 16 heavy (non-hydrogen) atoms. The van der Waals surface area contributed by atoms with E-state index in [4.69, 9.17) is 4.74 Å². The number of ether oxygens (including phenoxy) is 1. The van der Waals surface area contributed by atoms with Crippen molar-refractivity contribution in [3.8, 4) is 0 Å². The number of nitrogens with one attached hydrogen (secondary N) is 1. The average molecular weight is 227 g/mol. The van der Waals surface area contributed by atoms with Crippen molar-refractivity contribution < 1.29 is 9.53 Å². The van der Waals surface area contributed by atoms with Gasteiger partial charge in [0.1, 0.15) is 0 Å². The molecule has 1 rings (SSSR count). The van der Waals surface area contributed by atoms with Crippen LogP contribution in [-0.4, -0.2) is 25.7 Å². The number of hydrogen-bond donors (Lipinski definition) is 1. The molecule has 1 amide bonds. The summed E-state index contributed by atoms with van der Waals surface area (Å²) in [5, 5.41) is 2.93. The summed E-state index contributed by atoms with van der Waals surface area (Å²) >= 11 is 0. The van der Waals surface area contributed by atoms with Gasteiger partial charge in [-0.2, -0.15) is 0 Å².